The van der Waals surface area contributed by atoms with Gasteiger partial charge in [-0.05, 0) is 150 Å². The van der Waals surface area contributed by atoms with Gasteiger partial charge in [0.2, 0.25) is 0 Å². The molecule has 0 fully saturated rings. The fourth-order valence-electron chi connectivity index (χ4n) is 11.9. The Hall–Kier alpha value is -10.5. The number of aromatic nitrogens is 5. The van der Waals surface area contributed by atoms with E-state index in [-0.39, 0.29) is 22.2 Å². The molecule has 0 amide bonds. The molecule has 4 aliphatic rings. The van der Waals surface area contributed by atoms with Crippen LogP contribution >= 0.6 is 0 Å². The van der Waals surface area contributed by atoms with Crippen LogP contribution in [-0.2, 0) is 26.2 Å². The van der Waals surface area contributed by atoms with Crippen molar-refractivity contribution < 1.29 is 0 Å². The van der Waals surface area contributed by atoms with Crippen molar-refractivity contribution in [1.82, 2.24) is 23.3 Å². The summed E-state index contributed by atoms with van der Waals surface area (Å²) in [6, 6.07) is 59.4. The lowest BCUT2D eigenvalue weighted by Crippen LogP contribution is -2.21. The molecule has 0 radical (unpaired) electrons. The van der Waals surface area contributed by atoms with Crippen molar-refractivity contribution in [3.8, 4) is 0 Å². The van der Waals surface area contributed by atoms with E-state index in [0.717, 1.165) is 135 Å². The van der Waals surface area contributed by atoms with Gasteiger partial charge in [-0.25, -0.2) is 9.98 Å². The number of aryl methyl sites for hydroxylation is 4. The van der Waals surface area contributed by atoms with E-state index in [1.165, 1.54) is 0 Å². The van der Waals surface area contributed by atoms with Crippen molar-refractivity contribution in [1.29, 1.82) is 0 Å². The summed E-state index contributed by atoms with van der Waals surface area (Å²) < 4.78 is 7.15. The third-order valence-electron chi connectivity index (χ3n) is 16.4. The maximum absolute atomic E-state index is 13.0. The van der Waals surface area contributed by atoms with Crippen LogP contribution in [0.5, 0.6) is 0 Å². The molecular formula is C73H59N7O4. The number of hydrogen-bond donors (Lipinski definition) is 1. The summed E-state index contributed by atoms with van der Waals surface area (Å²) in [7, 11) is 0. The van der Waals surface area contributed by atoms with E-state index in [4.69, 9.17) is 9.98 Å². The van der Waals surface area contributed by atoms with E-state index in [9.17, 15) is 19.2 Å². The van der Waals surface area contributed by atoms with Gasteiger partial charge < -0.3 is 23.3 Å². The average Bonchev–Trinajstić information content (AvgIpc) is 3.96. The van der Waals surface area contributed by atoms with Gasteiger partial charge in [0.05, 0.1) is 49.0 Å². The first kappa shape index (κ1) is 52.8. The standard InChI is InChI=1S/C73H59N7O4/c1-46-9-5-13-66(81)77(46)42-50-17-25-54(26-18-50)70-58-33-34-59(41-58)71(55-27-19-51(20-28-55)43-78-47(2)10-6-14-67(78)82)61-36-38-63(75-61)73(57-31-23-53(24-32-57)45-80-49(4)12-8-16-69(80)84)65-40-39-64(76-65)72(62-37-35-60(70)74-62)56-29-21-52(22-30-56)44-79-48(3)11-7-15-68(79)83/h5-40,76H,41-45H2,1-4H3. The molecule has 1 N–H and O–H groups in total. The zero-order chi connectivity index (χ0) is 57.6. The predicted molar refractivity (Wildman–Crippen MR) is 338 cm³/mol. The lowest BCUT2D eigenvalue weighted by Gasteiger charge is -2.16. The summed E-state index contributed by atoms with van der Waals surface area (Å²) in [5.41, 5.74) is 22.1. The van der Waals surface area contributed by atoms with Crippen molar-refractivity contribution in [3.05, 3.63) is 361 Å². The Morgan fingerprint density at radius 1 is 0.333 bits per heavy atom. The van der Waals surface area contributed by atoms with Crippen molar-refractivity contribution in [2.75, 3.05) is 0 Å². The fourth-order valence-corrected chi connectivity index (χ4v) is 11.9. The molecule has 9 aromatic rings. The van der Waals surface area contributed by atoms with Crippen LogP contribution in [0.1, 0.15) is 85.1 Å². The Kier molecular flexibility index (Phi) is 13.9. The van der Waals surface area contributed by atoms with E-state index in [2.05, 4.69) is 151 Å². The van der Waals surface area contributed by atoms with Crippen LogP contribution in [0, 0.1) is 27.7 Å². The molecular weight excluding hydrogens is 1040 g/mol. The van der Waals surface area contributed by atoms with Crippen LogP contribution in [0.3, 0.4) is 0 Å². The molecule has 11 heteroatoms. The average molecular weight is 1100 g/mol. The number of H-pyrrole nitrogens is 1. The monoisotopic (exact) mass is 1100 g/mol. The van der Waals surface area contributed by atoms with Crippen molar-refractivity contribution in [2.45, 2.75) is 60.3 Å². The number of pyridine rings is 4. The number of aromatic amines is 1. The van der Waals surface area contributed by atoms with Gasteiger partial charge in [-0.15, -0.1) is 0 Å². The summed E-state index contributed by atoms with van der Waals surface area (Å²) in [6.45, 7) is 9.57. The highest BCUT2D eigenvalue weighted by Crippen LogP contribution is 2.42. The molecule has 0 saturated carbocycles. The van der Waals surface area contributed by atoms with Gasteiger partial charge in [-0.2, -0.15) is 0 Å². The maximum Gasteiger partial charge on any atom is 0.251 e. The minimum atomic E-state index is -0.0474. The molecule has 8 heterocycles. The van der Waals surface area contributed by atoms with E-state index in [0.29, 0.717) is 32.6 Å². The van der Waals surface area contributed by atoms with E-state index in [1.54, 1.807) is 66.8 Å². The third-order valence-corrected chi connectivity index (χ3v) is 16.4. The number of fused-ring (bicyclic) bond motifs is 6. The molecule has 13 rings (SSSR count). The number of allylic oxidation sites excluding steroid dienone is 10. The van der Waals surface area contributed by atoms with E-state index in [1.807, 2.05) is 52.0 Å². The Labute approximate surface area is 486 Å². The number of aliphatic imine (C=N–C) groups is 2. The maximum atomic E-state index is 13.0. The van der Waals surface area contributed by atoms with Gasteiger partial charge in [0, 0.05) is 80.7 Å². The lowest BCUT2D eigenvalue weighted by atomic mass is 9.91. The predicted octanol–water partition coefficient (Wildman–Crippen LogP) is 12.5. The third kappa shape index (κ3) is 10.3. The summed E-state index contributed by atoms with van der Waals surface area (Å²) in [5, 5.41) is 0. The van der Waals surface area contributed by atoms with Gasteiger partial charge in [0.1, 0.15) is 0 Å². The highest BCUT2D eigenvalue weighted by Gasteiger charge is 2.27. The minimum Gasteiger partial charge on any atom is -0.354 e. The number of nitrogens with one attached hydrogen (secondary N) is 1. The highest BCUT2D eigenvalue weighted by atomic mass is 16.1. The molecule has 3 aliphatic heterocycles. The molecule has 410 valence electrons. The summed E-state index contributed by atoms with van der Waals surface area (Å²) in [5.74, 6) is 0. The normalized spacial score (nSPS) is 14.6. The minimum absolute atomic E-state index is 0.0425. The van der Waals surface area contributed by atoms with Crippen LogP contribution in [0.15, 0.2) is 270 Å². The summed E-state index contributed by atoms with van der Waals surface area (Å²) in [4.78, 5) is 67.1. The number of hydrogen-bond acceptors (Lipinski definition) is 6. The van der Waals surface area contributed by atoms with E-state index < -0.39 is 0 Å². The van der Waals surface area contributed by atoms with Gasteiger partial charge in [-0.3, -0.25) is 19.2 Å². The second kappa shape index (κ2) is 22.1. The zero-order valence-electron chi connectivity index (χ0n) is 47.1. The lowest BCUT2D eigenvalue weighted by molar-refractivity contribution is 0.730. The molecule has 0 spiro atoms. The first-order valence-electron chi connectivity index (χ1n) is 28.3. The Morgan fingerprint density at radius 3 is 0.905 bits per heavy atom. The highest BCUT2D eigenvalue weighted by molar-refractivity contribution is 6.34. The molecule has 1 aliphatic carbocycles. The molecule has 84 heavy (non-hydrogen) atoms. The molecule has 8 bridgehead atoms. The van der Waals surface area contributed by atoms with Crippen LogP contribution < -0.4 is 22.2 Å². The quantitative estimate of drug-likeness (QED) is 0.131. The Bertz CT molecular complexity index is 4410. The molecule has 5 aromatic heterocycles. The SMILES string of the molecule is Cc1cccc(=O)n1Cc1ccc(C2=C3C=CC(=C(c4ccc(Cn5c(C)cccc5=O)cc4)C4=NC(=C(c5ccc(Cn6c(C)cccc6=O)cc5)c5ccc([nH]5)C(c5ccc(Cn6c(C)cccc6=O)cc5)=C5C=CC2=N5)C=C4)C3)cc1. The Morgan fingerprint density at radius 2 is 0.619 bits per heavy atom. The van der Waals surface area contributed by atoms with Crippen molar-refractivity contribution in [2.24, 2.45) is 9.98 Å². The van der Waals surface area contributed by atoms with E-state index >= 15 is 0 Å². The fraction of sp³-hybridized carbons (Fsp3) is 0.123. The molecule has 0 atom stereocenters. The first-order chi connectivity index (χ1) is 40.9. The van der Waals surface area contributed by atoms with Crippen molar-refractivity contribution >= 4 is 33.7 Å². The summed E-state index contributed by atoms with van der Waals surface area (Å²) >= 11 is 0. The van der Waals surface area contributed by atoms with Gasteiger partial charge in [0.25, 0.3) is 22.2 Å². The second-order valence-corrected chi connectivity index (χ2v) is 21.9. The number of rotatable bonds is 12. The van der Waals surface area contributed by atoms with Crippen LogP contribution in [0.2, 0.25) is 0 Å². The zero-order valence-corrected chi connectivity index (χ0v) is 47.1. The smallest absolute Gasteiger partial charge is 0.251 e. The van der Waals surface area contributed by atoms with Gasteiger partial charge >= 0.3 is 0 Å². The first-order valence-corrected chi connectivity index (χ1v) is 28.3. The van der Waals surface area contributed by atoms with Gasteiger partial charge in [-0.1, -0.05) is 133 Å². The number of nitrogens with zero attached hydrogens (tertiary/aromatic N) is 6. The van der Waals surface area contributed by atoms with Crippen LogP contribution in [0.4, 0.5) is 0 Å². The topological polar surface area (TPSA) is 129 Å². The van der Waals surface area contributed by atoms with Gasteiger partial charge in [0.15, 0.2) is 0 Å². The number of benzene rings is 4. The van der Waals surface area contributed by atoms with Crippen LogP contribution in [-0.4, -0.2) is 34.7 Å². The molecule has 0 unspecified atom stereocenters. The van der Waals surface area contributed by atoms with Crippen molar-refractivity contribution in [3.63, 3.8) is 0 Å². The molecule has 4 aromatic carbocycles. The largest absolute Gasteiger partial charge is 0.354 e. The Balaban J connectivity index is 0.989. The molecule has 11 nitrogen and oxygen atoms in total. The second-order valence-electron chi connectivity index (χ2n) is 21.9. The summed E-state index contributed by atoms with van der Waals surface area (Å²) in [6.07, 6.45) is 13.4. The molecule has 0 saturated heterocycles. The van der Waals surface area contributed by atoms with Crippen LogP contribution in [0.25, 0.3) is 22.3 Å².